The van der Waals surface area contributed by atoms with E-state index in [2.05, 4.69) is 10.3 Å². The molecule has 0 aliphatic rings. The number of rotatable bonds is 6. The Morgan fingerprint density at radius 3 is 2.42 bits per heavy atom. The van der Waals surface area contributed by atoms with Crippen LogP contribution in [0.2, 0.25) is 5.15 Å². The molecule has 0 saturated carbocycles. The molecule has 1 aromatic carbocycles. The standard InChI is InChI=1S/C16H18ClN3O4.C2H6/c1-9-10(2)19-16(17)15(20(21)22)14(9)18-8-11-5-6-12(23-3)7-13(11)24-4;1-2/h5-7H,8H2,1-4H3,(H,18,19);1-2H3. The van der Waals surface area contributed by atoms with E-state index in [1.165, 1.54) is 0 Å². The highest BCUT2D eigenvalue weighted by molar-refractivity contribution is 6.32. The van der Waals surface area contributed by atoms with Gasteiger partial charge < -0.3 is 14.8 Å². The molecular weight excluding hydrogens is 358 g/mol. The van der Waals surface area contributed by atoms with Crippen molar-refractivity contribution in [1.29, 1.82) is 0 Å². The summed E-state index contributed by atoms with van der Waals surface area (Å²) in [5, 5.41) is 14.3. The van der Waals surface area contributed by atoms with Crippen molar-refractivity contribution < 1.29 is 14.4 Å². The Hall–Kier alpha value is -2.54. The van der Waals surface area contributed by atoms with Crippen molar-refractivity contribution in [3.05, 3.63) is 50.3 Å². The summed E-state index contributed by atoms with van der Waals surface area (Å²) in [6.07, 6.45) is 0. The second-order valence-electron chi connectivity index (χ2n) is 5.13. The normalized spacial score (nSPS) is 9.81. The molecule has 0 spiro atoms. The van der Waals surface area contributed by atoms with Crippen LogP contribution in [0.3, 0.4) is 0 Å². The lowest BCUT2D eigenvalue weighted by Gasteiger charge is -2.15. The Labute approximate surface area is 158 Å². The van der Waals surface area contributed by atoms with Gasteiger partial charge in [-0.05, 0) is 26.0 Å². The van der Waals surface area contributed by atoms with Gasteiger partial charge in [0.2, 0.25) is 5.15 Å². The van der Waals surface area contributed by atoms with E-state index in [0.717, 1.165) is 5.56 Å². The number of nitrogens with one attached hydrogen (secondary N) is 1. The number of methoxy groups -OCH3 is 2. The molecule has 0 aliphatic heterocycles. The number of aryl methyl sites for hydroxylation is 1. The molecule has 1 N–H and O–H groups in total. The molecule has 0 fully saturated rings. The van der Waals surface area contributed by atoms with Crippen LogP contribution in [0.4, 0.5) is 11.4 Å². The largest absolute Gasteiger partial charge is 0.497 e. The lowest BCUT2D eigenvalue weighted by Crippen LogP contribution is -2.08. The molecule has 8 heteroatoms. The lowest BCUT2D eigenvalue weighted by atomic mass is 10.1. The molecule has 0 radical (unpaired) electrons. The second-order valence-corrected chi connectivity index (χ2v) is 5.48. The predicted octanol–water partition coefficient (Wildman–Crippen LogP) is 4.92. The Morgan fingerprint density at radius 2 is 1.88 bits per heavy atom. The molecule has 0 amide bonds. The summed E-state index contributed by atoms with van der Waals surface area (Å²) >= 11 is 5.95. The fraction of sp³-hybridized carbons (Fsp3) is 0.389. The minimum Gasteiger partial charge on any atom is -0.497 e. The van der Waals surface area contributed by atoms with Crippen molar-refractivity contribution in [2.45, 2.75) is 34.2 Å². The molecule has 7 nitrogen and oxygen atoms in total. The number of ether oxygens (including phenoxy) is 2. The van der Waals surface area contributed by atoms with E-state index in [4.69, 9.17) is 21.1 Å². The molecule has 0 unspecified atom stereocenters. The fourth-order valence-corrected chi connectivity index (χ4v) is 2.60. The molecule has 26 heavy (non-hydrogen) atoms. The zero-order chi connectivity index (χ0) is 19.9. The van der Waals surface area contributed by atoms with E-state index in [1.54, 1.807) is 40.2 Å². The van der Waals surface area contributed by atoms with Crippen LogP contribution in [0.25, 0.3) is 0 Å². The summed E-state index contributed by atoms with van der Waals surface area (Å²) < 4.78 is 10.5. The minimum absolute atomic E-state index is 0.132. The Bertz CT molecular complexity index is 782. The number of hydrogen-bond acceptors (Lipinski definition) is 6. The lowest BCUT2D eigenvalue weighted by molar-refractivity contribution is -0.384. The summed E-state index contributed by atoms with van der Waals surface area (Å²) in [6.45, 7) is 7.85. The van der Waals surface area contributed by atoms with Crippen LogP contribution in [0.15, 0.2) is 18.2 Å². The van der Waals surface area contributed by atoms with E-state index < -0.39 is 4.92 Å². The topological polar surface area (TPSA) is 86.5 Å². The Balaban J connectivity index is 0.00000163. The highest BCUT2D eigenvalue weighted by Gasteiger charge is 2.24. The molecule has 2 aromatic rings. The van der Waals surface area contributed by atoms with Crippen LogP contribution >= 0.6 is 11.6 Å². The number of benzene rings is 1. The molecule has 1 aromatic heterocycles. The molecular formula is C18H24ClN3O4. The van der Waals surface area contributed by atoms with Gasteiger partial charge in [0.25, 0.3) is 0 Å². The first-order chi connectivity index (χ1) is 12.4. The van der Waals surface area contributed by atoms with Crippen LogP contribution < -0.4 is 14.8 Å². The van der Waals surface area contributed by atoms with Crippen LogP contribution in [0.5, 0.6) is 11.5 Å². The maximum absolute atomic E-state index is 11.3. The summed E-state index contributed by atoms with van der Waals surface area (Å²) in [7, 11) is 3.13. The number of halogens is 1. The monoisotopic (exact) mass is 381 g/mol. The molecule has 0 atom stereocenters. The number of nitrogens with zero attached hydrogens (tertiary/aromatic N) is 2. The summed E-state index contributed by atoms with van der Waals surface area (Å²) in [5.74, 6) is 1.29. The average molecular weight is 382 g/mol. The maximum Gasteiger partial charge on any atom is 0.329 e. The Morgan fingerprint density at radius 1 is 1.23 bits per heavy atom. The average Bonchev–Trinajstić information content (AvgIpc) is 2.64. The van der Waals surface area contributed by atoms with Gasteiger partial charge in [0, 0.05) is 29.4 Å². The highest BCUT2D eigenvalue weighted by Crippen LogP contribution is 2.36. The van der Waals surface area contributed by atoms with E-state index in [-0.39, 0.29) is 10.8 Å². The van der Waals surface area contributed by atoms with Gasteiger partial charge in [0.05, 0.1) is 19.1 Å². The molecule has 0 bridgehead atoms. The van der Waals surface area contributed by atoms with Crippen molar-refractivity contribution in [2.24, 2.45) is 0 Å². The third kappa shape index (κ3) is 4.76. The predicted molar refractivity (Wildman–Crippen MR) is 104 cm³/mol. The van der Waals surface area contributed by atoms with E-state index in [9.17, 15) is 10.1 Å². The zero-order valence-electron chi connectivity index (χ0n) is 15.8. The molecule has 0 saturated heterocycles. The minimum atomic E-state index is -0.532. The van der Waals surface area contributed by atoms with Crippen molar-refractivity contribution in [3.63, 3.8) is 0 Å². The quantitative estimate of drug-likeness (QED) is 0.434. The smallest absolute Gasteiger partial charge is 0.329 e. The number of anilines is 1. The van der Waals surface area contributed by atoms with Gasteiger partial charge in [0.1, 0.15) is 17.2 Å². The number of hydrogen-bond donors (Lipinski definition) is 1. The maximum atomic E-state index is 11.3. The van der Waals surface area contributed by atoms with Gasteiger partial charge in [-0.1, -0.05) is 25.4 Å². The summed E-state index contributed by atoms with van der Waals surface area (Å²) in [5.41, 5.74) is 2.27. The van der Waals surface area contributed by atoms with Crippen LogP contribution in [-0.2, 0) is 6.54 Å². The second kappa shape index (κ2) is 9.82. The molecule has 1 heterocycles. The SMILES string of the molecule is CC.COc1ccc(CNc2c(C)c(C)nc(Cl)c2[N+](=O)[O-])c(OC)c1. The van der Waals surface area contributed by atoms with Gasteiger partial charge in [-0.15, -0.1) is 0 Å². The van der Waals surface area contributed by atoms with Gasteiger partial charge >= 0.3 is 5.69 Å². The van der Waals surface area contributed by atoms with Crippen molar-refractivity contribution >= 4 is 23.0 Å². The van der Waals surface area contributed by atoms with Crippen molar-refractivity contribution in [2.75, 3.05) is 19.5 Å². The number of pyridine rings is 1. The third-order valence-electron chi connectivity index (χ3n) is 3.75. The number of aromatic nitrogens is 1. The zero-order valence-corrected chi connectivity index (χ0v) is 16.6. The Kier molecular flexibility index (Phi) is 8.12. The van der Waals surface area contributed by atoms with E-state index in [1.807, 2.05) is 19.9 Å². The molecule has 142 valence electrons. The van der Waals surface area contributed by atoms with Crippen LogP contribution in [0, 0.1) is 24.0 Å². The molecule has 2 rings (SSSR count). The van der Waals surface area contributed by atoms with Crippen molar-refractivity contribution in [1.82, 2.24) is 4.98 Å². The number of nitro groups is 1. The molecule has 0 aliphatic carbocycles. The van der Waals surface area contributed by atoms with E-state index in [0.29, 0.717) is 35.0 Å². The van der Waals surface area contributed by atoms with E-state index >= 15 is 0 Å². The van der Waals surface area contributed by atoms with Gasteiger partial charge in [-0.3, -0.25) is 10.1 Å². The van der Waals surface area contributed by atoms with Crippen LogP contribution in [-0.4, -0.2) is 24.1 Å². The van der Waals surface area contributed by atoms with Gasteiger partial charge in [-0.25, -0.2) is 4.98 Å². The van der Waals surface area contributed by atoms with Gasteiger partial charge in [-0.2, -0.15) is 0 Å². The summed E-state index contributed by atoms with van der Waals surface area (Å²) in [6, 6.07) is 5.39. The first kappa shape index (κ1) is 21.5. The fourth-order valence-electron chi connectivity index (χ4n) is 2.31. The van der Waals surface area contributed by atoms with Crippen molar-refractivity contribution in [3.8, 4) is 11.5 Å². The first-order valence-electron chi connectivity index (χ1n) is 8.14. The highest BCUT2D eigenvalue weighted by atomic mass is 35.5. The van der Waals surface area contributed by atoms with Gasteiger partial charge in [0.15, 0.2) is 0 Å². The third-order valence-corrected chi connectivity index (χ3v) is 4.01. The summed E-state index contributed by atoms with van der Waals surface area (Å²) in [4.78, 5) is 14.8. The van der Waals surface area contributed by atoms with Crippen LogP contribution in [0.1, 0.15) is 30.7 Å². The first-order valence-corrected chi connectivity index (χ1v) is 8.52.